The van der Waals surface area contributed by atoms with E-state index in [2.05, 4.69) is 5.32 Å². The number of benzene rings is 4. The van der Waals surface area contributed by atoms with Crippen molar-refractivity contribution in [3.05, 3.63) is 124 Å². The van der Waals surface area contributed by atoms with Crippen molar-refractivity contribution in [3.8, 4) is 5.75 Å². The van der Waals surface area contributed by atoms with Crippen LogP contribution in [0.25, 0.3) is 0 Å². The van der Waals surface area contributed by atoms with E-state index in [4.69, 9.17) is 27.9 Å². The number of carbonyl (C=O) groups excluding carboxylic acids is 2. The quantitative estimate of drug-likeness (QED) is 0.145. The van der Waals surface area contributed by atoms with Crippen molar-refractivity contribution in [1.82, 2.24) is 10.2 Å². The van der Waals surface area contributed by atoms with Gasteiger partial charge >= 0.3 is 0 Å². The molecule has 47 heavy (non-hydrogen) atoms. The van der Waals surface area contributed by atoms with Crippen molar-refractivity contribution >= 4 is 50.7 Å². The van der Waals surface area contributed by atoms with E-state index < -0.39 is 28.5 Å². The van der Waals surface area contributed by atoms with Crippen LogP contribution in [0.3, 0.4) is 0 Å². The number of rotatable bonds is 15. The first kappa shape index (κ1) is 35.8. The van der Waals surface area contributed by atoms with Crippen LogP contribution >= 0.6 is 23.2 Å². The summed E-state index contributed by atoms with van der Waals surface area (Å²) >= 11 is 12.2. The molecule has 248 valence electrons. The Morgan fingerprint density at radius 3 is 1.98 bits per heavy atom. The lowest BCUT2D eigenvalue weighted by atomic mass is 10.0. The Kier molecular flexibility index (Phi) is 12.7. The van der Waals surface area contributed by atoms with Gasteiger partial charge in [0.1, 0.15) is 18.3 Å². The normalized spacial score (nSPS) is 12.0. The summed E-state index contributed by atoms with van der Waals surface area (Å²) in [5.41, 5.74) is 1.83. The van der Waals surface area contributed by atoms with Crippen LogP contribution in [-0.2, 0) is 32.6 Å². The highest BCUT2D eigenvalue weighted by molar-refractivity contribution is 7.92. The van der Waals surface area contributed by atoms with Crippen LogP contribution in [0.15, 0.2) is 108 Å². The van der Waals surface area contributed by atoms with Gasteiger partial charge in [0.05, 0.1) is 17.2 Å². The monoisotopic (exact) mass is 695 g/mol. The third-order valence-corrected chi connectivity index (χ3v) is 9.63. The first-order valence-electron chi connectivity index (χ1n) is 15.3. The topological polar surface area (TPSA) is 96.0 Å². The van der Waals surface area contributed by atoms with E-state index in [0.717, 1.165) is 15.4 Å². The van der Waals surface area contributed by atoms with Crippen LogP contribution in [0.2, 0.25) is 10.0 Å². The number of nitrogens with one attached hydrogen (secondary N) is 1. The van der Waals surface area contributed by atoms with Crippen LogP contribution < -0.4 is 14.4 Å². The van der Waals surface area contributed by atoms with E-state index in [-0.39, 0.29) is 35.4 Å². The maximum Gasteiger partial charge on any atom is 0.264 e. The Balaban J connectivity index is 1.79. The average molecular weight is 697 g/mol. The van der Waals surface area contributed by atoms with Gasteiger partial charge in [-0.1, -0.05) is 79.5 Å². The van der Waals surface area contributed by atoms with Crippen LogP contribution in [0.5, 0.6) is 5.75 Å². The van der Waals surface area contributed by atoms with Crippen LogP contribution in [-0.4, -0.2) is 50.9 Å². The van der Waals surface area contributed by atoms with Gasteiger partial charge in [-0.05, 0) is 84.6 Å². The van der Waals surface area contributed by atoms with Crippen LogP contribution in [0.1, 0.15) is 31.9 Å². The zero-order chi connectivity index (χ0) is 34.0. The zero-order valence-corrected chi connectivity index (χ0v) is 28.9. The van der Waals surface area contributed by atoms with E-state index in [1.165, 1.54) is 29.2 Å². The summed E-state index contributed by atoms with van der Waals surface area (Å²) < 4.78 is 34.9. The maximum absolute atomic E-state index is 14.5. The van der Waals surface area contributed by atoms with Crippen molar-refractivity contribution < 1.29 is 22.7 Å². The Labute approximate surface area is 287 Å². The summed E-state index contributed by atoms with van der Waals surface area (Å²) in [5.74, 6) is -0.165. The van der Waals surface area contributed by atoms with Gasteiger partial charge < -0.3 is 15.0 Å². The predicted molar refractivity (Wildman–Crippen MR) is 187 cm³/mol. The number of halogens is 2. The molecule has 0 aliphatic rings. The third-order valence-electron chi connectivity index (χ3n) is 7.34. The summed E-state index contributed by atoms with van der Waals surface area (Å²) in [4.78, 5) is 29.8. The Bertz CT molecular complexity index is 1720. The molecule has 0 spiro atoms. The lowest BCUT2D eigenvalue weighted by Crippen LogP contribution is -2.53. The highest BCUT2D eigenvalue weighted by Crippen LogP contribution is 2.28. The molecule has 2 amide bonds. The van der Waals surface area contributed by atoms with Crippen molar-refractivity contribution in [3.63, 3.8) is 0 Å². The predicted octanol–water partition coefficient (Wildman–Crippen LogP) is 7.00. The van der Waals surface area contributed by atoms with Crippen LogP contribution in [0, 0.1) is 5.92 Å². The minimum Gasteiger partial charge on any atom is -0.494 e. The summed E-state index contributed by atoms with van der Waals surface area (Å²) in [5, 5.41) is 3.88. The number of sulfonamides is 1. The summed E-state index contributed by atoms with van der Waals surface area (Å²) in [6.45, 7) is 6.14. The molecule has 1 atom stereocenters. The van der Waals surface area contributed by atoms with Gasteiger partial charge in [0.25, 0.3) is 10.0 Å². The van der Waals surface area contributed by atoms with Crippen molar-refractivity contribution in [2.45, 2.75) is 44.7 Å². The van der Waals surface area contributed by atoms with Gasteiger partial charge in [0, 0.05) is 29.6 Å². The maximum atomic E-state index is 14.5. The van der Waals surface area contributed by atoms with Crippen molar-refractivity contribution in [2.24, 2.45) is 5.92 Å². The molecule has 0 heterocycles. The van der Waals surface area contributed by atoms with Crippen LogP contribution in [0.4, 0.5) is 5.69 Å². The van der Waals surface area contributed by atoms with E-state index in [0.29, 0.717) is 28.9 Å². The minimum atomic E-state index is -4.26. The standard InChI is InChI=1S/C36H39Cl2N3O5S/c1-4-46-32-18-16-31(17-19-32)41(47(44,45)33-20-14-30(38)15-21-33)25-35(42)40(24-28-10-12-29(37)13-11-28)34(36(43)39-23-26(2)3)22-27-8-6-5-7-9-27/h5-21,26,34H,4,22-25H2,1-3H3,(H,39,43)/t34-/m1/s1. The van der Waals surface area contributed by atoms with Gasteiger partial charge in [-0.3, -0.25) is 13.9 Å². The Morgan fingerprint density at radius 2 is 1.40 bits per heavy atom. The van der Waals surface area contributed by atoms with Crippen molar-refractivity contribution in [1.29, 1.82) is 0 Å². The molecule has 0 radical (unpaired) electrons. The Morgan fingerprint density at radius 1 is 0.809 bits per heavy atom. The van der Waals surface area contributed by atoms with Gasteiger partial charge in [0.15, 0.2) is 0 Å². The lowest BCUT2D eigenvalue weighted by molar-refractivity contribution is -0.140. The molecule has 0 aliphatic carbocycles. The number of hydrogen-bond donors (Lipinski definition) is 1. The second kappa shape index (κ2) is 16.7. The smallest absolute Gasteiger partial charge is 0.264 e. The van der Waals surface area contributed by atoms with Gasteiger partial charge in [-0.15, -0.1) is 0 Å². The second-order valence-electron chi connectivity index (χ2n) is 11.4. The fourth-order valence-corrected chi connectivity index (χ4v) is 6.57. The second-order valence-corrected chi connectivity index (χ2v) is 14.1. The SMILES string of the molecule is CCOc1ccc(N(CC(=O)N(Cc2ccc(Cl)cc2)[C@H](Cc2ccccc2)C(=O)NCC(C)C)S(=O)(=O)c2ccc(Cl)cc2)cc1. The molecule has 4 rings (SSSR count). The van der Waals surface area contributed by atoms with Gasteiger partial charge in [-0.25, -0.2) is 8.42 Å². The minimum absolute atomic E-state index is 0.0386. The molecule has 0 saturated carbocycles. The molecule has 0 saturated heterocycles. The lowest BCUT2D eigenvalue weighted by Gasteiger charge is -2.34. The number of amides is 2. The molecule has 11 heteroatoms. The molecule has 0 aromatic heterocycles. The summed E-state index contributed by atoms with van der Waals surface area (Å²) in [7, 11) is -4.26. The fraction of sp³-hybridized carbons (Fsp3) is 0.278. The largest absolute Gasteiger partial charge is 0.494 e. The summed E-state index contributed by atoms with van der Waals surface area (Å²) in [6, 6.07) is 27.7. The van der Waals surface area contributed by atoms with E-state index in [1.807, 2.05) is 51.1 Å². The third kappa shape index (κ3) is 9.97. The highest BCUT2D eigenvalue weighted by atomic mass is 35.5. The number of nitrogens with zero attached hydrogens (tertiary/aromatic N) is 2. The first-order chi connectivity index (χ1) is 22.5. The molecule has 0 aliphatic heterocycles. The molecule has 4 aromatic carbocycles. The number of anilines is 1. The zero-order valence-electron chi connectivity index (χ0n) is 26.6. The van der Waals surface area contributed by atoms with E-state index in [1.54, 1.807) is 48.5 Å². The fourth-order valence-electron chi connectivity index (χ4n) is 4.90. The number of carbonyl (C=O) groups is 2. The summed E-state index contributed by atoms with van der Waals surface area (Å²) in [6.07, 6.45) is 0.219. The van der Waals surface area contributed by atoms with E-state index >= 15 is 0 Å². The molecule has 1 N–H and O–H groups in total. The average Bonchev–Trinajstić information content (AvgIpc) is 3.06. The first-order valence-corrected chi connectivity index (χ1v) is 17.5. The van der Waals surface area contributed by atoms with E-state index in [9.17, 15) is 18.0 Å². The molecule has 4 aromatic rings. The molecule has 0 fully saturated rings. The molecule has 0 bridgehead atoms. The van der Waals surface area contributed by atoms with Gasteiger partial charge in [-0.2, -0.15) is 0 Å². The molecular weight excluding hydrogens is 657 g/mol. The molecule has 0 unspecified atom stereocenters. The van der Waals surface area contributed by atoms with Gasteiger partial charge in [0.2, 0.25) is 11.8 Å². The van der Waals surface area contributed by atoms with Crippen molar-refractivity contribution in [2.75, 3.05) is 24.0 Å². The molecule has 8 nitrogen and oxygen atoms in total. The number of ether oxygens (including phenoxy) is 1. The highest BCUT2D eigenvalue weighted by Gasteiger charge is 2.34. The number of hydrogen-bond acceptors (Lipinski definition) is 5. The Hall–Kier alpha value is -4.05. The molecular formula is C36H39Cl2N3O5S.